The highest BCUT2D eigenvalue weighted by atomic mass is 32.2. The van der Waals surface area contributed by atoms with E-state index in [1.54, 1.807) is 0 Å². The minimum absolute atomic E-state index is 0.264. The van der Waals surface area contributed by atoms with Crippen LogP contribution in [0.4, 0.5) is 0 Å². The van der Waals surface area contributed by atoms with Crippen molar-refractivity contribution in [1.82, 2.24) is 9.80 Å². The molecule has 0 unspecified atom stereocenters. The maximum absolute atomic E-state index is 5.63. The first kappa shape index (κ1) is 18.2. The Morgan fingerprint density at radius 1 is 1.08 bits per heavy atom. The molecule has 0 radical (unpaired) electrons. The number of thioether (sulfide) groups is 1. The fraction of sp³-hybridized carbons (Fsp3) is 0.700. The number of rotatable bonds is 7. The highest BCUT2D eigenvalue weighted by Crippen LogP contribution is 2.36. The van der Waals surface area contributed by atoms with Crippen molar-refractivity contribution < 1.29 is 4.74 Å². The zero-order valence-corrected chi connectivity index (χ0v) is 16.1. The molecule has 0 spiro atoms. The molecule has 2 fully saturated rings. The number of likely N-dealkylation sites (tertiary alicyclic amines) is 1. The van der Waals surface area contributed by atoms with Gasteiger partial charge in [-0.3, -0.25) is 0 Å². The monoisotopic (exact) mass is 348 g/mol. The third-order valence-electron chi connectivity index (χ3n) is 5.41. The van der Waals surface area contributed by atoms with Crippen molar-refractivity contribution in [2.75, 3.05) is 59.2 Å². The molecule has 0 saturated carbocycles. The second-order valence-electron chi connectivity index (χ2n) is 7.55. The summed E-state index contributed by atoms with van der Waals surface area (Å²) >= 11 is 2.00. The van der Waals surface area contributed by atoms with Crippen LogP contribution in [-0.2, 0) is 10.2 Å². The van der Waals surface area contributed by atoms with Crippen molar-refractivity contribution >= 4 is 11.8 Å². The molecule has 0 N–H and O–H groups in total. The lowest BCUT2D eigenvalue weighted by Crippen LogP contribution is -2.42. The molecule has 2 aliphatic rings. The van der Waals surface area contributed by atoms with Gasteiger partial charge >= 0.3 is 0 Å². The standard InChI is InChI=1S/C20H32N2OS/c1-21(2)17-20(9-14-23-15-10-20)18-5-7-19(8-6-18)24-16-13-22-11-3-4-12-22/h5-8H,3-4,9-17H2,1-2H3. The van der Waals surface area contributed by atoms with Gasteiger partial charge in [-0.1, -0.05) is 12.1 Å². The summed E-state index contributed by atoms with van der Waals surface area (Å²) in [5, 5.41) is 0. The van der Waals surface area contributed by atoms with Gasteiger partial charge in [-0.25, -0.2) is 0 Å². The van der Waals surface area contributed by atoms with E-state index >= 15 is 0 Å². The Hall–Kier alpha value is -0.550. The maximum atomic E-state index is 5.63. The van der Waals surface area contributed by atoms with Gasteiger partial charge in [0.1, 0.15) is 0 Å². The van der Waals surface area contributed by atoms with Crippen LogP contribution in [0.15, 0.2) is 29.2 Å². The van der Waals surface area contributed by atoms with Crippen LogP contribution in [0.2, 0.25) is 0 Å². The Morgan fingerprint density at radius 2 is 1.75 bits per heavy atom. The minimum atomic E-state index is 0.264. The van der Waals surface area contributed by atoms with E-state index in [-0.39, 0.29) is 5.41 Å². The van der Waals surface area contributed by atoms with Crippen molar-refractivity contribution in [3.05, 3.63) is 29.8 Å². The van der Waals surface area contributed by atoms with Gasteiger partial charge in [-0.2, -0.15) is 0 Å². The fourth-order valence-electron chi connectivity index (χ4n) is 4.11. The molecule has 0 aromatic heterocycles. The lowest BCUT2D eigenvalue weighted by molar-refractivity contribution is 0.0401. The van der Waals surface area contributed by atoms with E-state index in [0.29, 0.717) is 0 Å². The maximum Gasteiger partial charge on any atom is 0.0475 e. The van der Waals surface area contributed by atoms with Crippen molar-refractivity contribution in [3.8, 4) is 0 Å². The van der Waals surface area contributed by atoms with Gasteiger partial charge in [0, 0.05) is 42.4 Å². The molecule has 0 amide bonds. The Bertz CT molecular complexity index is 491. The topological polar surface area (TPSA) is 15.7 Å². The summed E-state index contributed by atoms with van der Waals surface area (Å²) < 4.78 is 5.63. The third-order valence-corrected chi connectivity index (χ3v) is 6.40. The van der Waals surface area contributed by atoms with Crippen molar-refractivity contribution in [2.24, 2.45) is 0 Å². The van der Waals surface area contributed by atoms with Crippen LogP contribution in [-0.4, -0.2) is 69.0 Å². The summed E-state index contributed by atoms with van der Waals surface area (Å²) in [5.74, 6) is 1.20. The average Bonchev–Trinajstić information content (AvgIpc) is 3.09. The lowest BCUT2D eigenvalue weighted by Gasteiger charge is -2.40. The fourth-order valence-corrected chi connectivity index (χ4v) is 5.02. The van der Waals surface area contributed by atoms with Crippen LogP contribution in [0, 0.1) is 0 Å². The largest absolute Gasteiger partial charge is 0.381 e. The van der Waals surface area contributed by atoms with Crippen molar-refractivity contribution in [2.45, 2.75) is 36.0 Å². The van der Waals surface area contributed by atoms with Crippen LogP contribution < -0.4 is 0 Å². The van der Waals surface area contributed by atoms with E-state index in [0.717, 1.165) is 32.6 Å². The molecule has 3 nitrogen and oxygen atoms in total. The second kappa shape index (κ2) is 8.70. The molecule has 1 aromatic rings. The molecule has 0 atom stereocenters. The van der Waals surface area contributed by atoms with E-state index in [4.69, 9.17) is 4.74 Å². The van der Waals surface area contributed by atoms with Crippen LogP contribution in [0.25, 0.3) is 0 Å². The third kappa shape index (κ3) is 4.75. The van der Waals surface area contributed by atoms with Crippen LogP contribution >= 0.6 is 11.8 Å². The summed E-state index contributed by atoms with van der Waals surface area (Å²) in [5.41, 5.74) is 1.75. The molecule has 2 aliphatic heterocycles. The SMILES string of the molecule is CN(C)CC1(c2ccc(SCCN3CCCC3)cc2)CCOCC1. The highest BCUT2D eigenvalue weighted by Gasteiger charge is 2.34. The number of likely N-dealkylation sites (N-methyl/N-ethyl adjacent to an activating group) is 1. The van der Waals surface area contributed by atoms with Crippen molar-refractivity contribution in [3.63, 3.8) is 0 Å². The number of hydrogen-bond acceptors (Lipinski definition) is 4. The summed E-state index contributed by atoms with van der Waals surface area (Å²) in [7, 11) is 4.36. The first-order valence-electron chi connectivity index (χ1n) is 9.36. The second-order valence-corrected chi connectivity index (χ2v) is 8.72. The quantitative estimate of drug-likeness (QED) is 0.701. The molecule has 0 aliphatic carbocycles. The first-order valence-corrected chi connectivity index (χ1v) is 10.3. The molecule has 24 heavy (non-hydrogen) atoms. The predicted octanol–water partition coefficient (Wildman–Crippen LogP) is 3.48. The van der Waals surface area contributed by atoms with Crippen LogP contribution in [0.5, 0.6) is 0 Å². The number of nitrogens with zero attached hydrogens (tertiary/aromatic N) is 2. The molecular weight excluding hydrogens is 316 g/mol. The van der Waals surface area contributed by atoms with E-state index in [9.17, 15) is 0 Å². The van der Waals surface area contributed by atoms with Gasteiger partial charge in [0.05, 0.1) is 0 Å². The predicted molar refractivity (Wildman–Crippen MR) is 103 cm³/mol. The number of hydrogen-bond donors (Lipinski definition) is 0. The normalized spacial score (nSPS) is 21.5. The van der Waals surface area contributed by atoms with Gasteiger partial charge < -0.3 is 14.5 Å². The summed E-state index contributed by atoms with van der Waals surface area (Å²) in [6.07, 6.45) is 5.04. The molecule has 2 heterocycles. The molecular formula is C20H32N2OS. The summed E-state index contributed by atoms with van der Waals surface area (Å²) in [4.78, 5) is 6.32. The van der Waals surface area contributed by atoms with Gasteiger partial charge in [-0.15, -0.1) is 11.8 Å². The molecule has 134 valence electrons. The number of benzene rings is 1. The Kier molecular flexibility index (Phi) is 6.62. The van der Waals surface area contributed by atoms with Crippen molar-refractivity contribution in [1.29, 1.82) is 0 Å². The molecule has 0 bridgehead atoms. The van der Waals surface area contributed by atoms with Gasteiger partial charge in [0.15, 0.2) is 0 Å². The molecule has 3 rings (SSSR count). The van der Waals surface area contributed by atoms with Crippen LogP contribution in [0.1, 0.15) is 31.2 Å². The first-order chi connectivity index (χ1) is 11.7. The summed E-state index contributed by atoms with van der Waals surface area (Å²) in [6.45, 7) is 6.72. The molecule has 2 saturated heterocycles. The minimum Gasteiger partial charge on any atom is -0.381 e. The van der Waals surface area contributed by atoms with Gasteiger partial charge in [0.2, 0.25) is 0 Å². The van der Waals surface area contributed by atoms with Gasteiger partial charge in [-0.05, 0) is 70.6 Å². The van der Waals surface area contributed by atoms with Gasteiger partial charge in [0.25, 0.3) is 0 Å². The molecule has 1 aromatic carbocycles. The number of ether oxygens (including phenoxy) is 1. The van der Waals surface area contributed by atoms with E-state index in [1.807, 2.05) is 11.8 Å². The smallest absolute Gasteiger partial charge is 0.0475 e. The van der Waals surface area contributed by atoms with E-state index in [2.05, 4.69) is 48.2 Å². The summed E-state index contributed by atoms with van der Waals surface area (Å²) in [6, 6.07) is 9.40. The Morgan fingerprint density at radius 3 is 2.38 bits per heavy atom. The zero-order valence-electron chi connectivity index (χ0n) is 15.3. The highest BCUT2D eigenvalue weighted by molar-refractivity contribution is 7.99. The average molecular weight is 349 g/mol. The van der Waals surface area contributed by atoms with E-state index < -0.39 is 0 Å². The Balaban J connectivity index is 1.59. The molecule has 4 heteroatoms. The Labute approximate surface area is 151 Å². The zero-order chi connectivity index (χ0) is 16.8. The lowest BCUT2D eigenvalue weighted by atomic mass is 9.74. The van der Waals surface area contributed by atoms with Crippen LogP contribution in [0.3, 0.4) is 0 Å². The van der Waals surface area contributed by atoms with E-state index in [1.165, 1.54) is 48.7 Å².